The Balaban J connectivity index is 0.000000419. The normalized spacial score (nSPS) is 11.7. The van der Waals surface area contributed by atoms with Crippen molar-refractivity contribution in [3.63, 3.8) is 0 Å². The Morgan fingerprint density at radius 1 is 0.724 bits per heavy atom. The largest absolute Gasteiger partial charge is 0.480 e. The average Bonchev–Trinajstić information content (AvgIpc) is 2.75. The highest BCUT2D eigenvalue weighted by molar-refractivity contribution is 7.81. The zero-order valence-electron chi connectivity index (χ0n) is 15.7. The summed E-state index contributed by atoms with van der Waals surface area (Å²) in [7, 11) is 0. The van der Waals surface area contributed by atoms with E-state index in [9.17, 15) is 9.59 Å². The number of hydrogen-bond acceptors (Lipinski definition) is 7. The van der Waals surface area contributed by atoms with Crippen molar-refractivity contribution in [2.75, 3.05) is 26.4 Å². The minimum Gasteiger partial charge on any atom is -0.480 e. The van der Waals surface area contributed by atoms with Crippen molar-refractivity contribution in [1.82, 2.24) is 0 Å². The molecule has 0 saturated carbocycles. The predicted octanol–water partition coefficient (Wildman–Crippen LogP) is 2.47. The molecule has 2 rings (SSSR count). The second-order valence-corrected chi connectivity index (χ2v) is 6.40. The molecule has 0 amide bonds. The molecule has 9 heteroatoms. The van der Waals surface area contributed by atoms with Crippen LogP contribution in [0.5, 0.6) is 0 Å². The molecule has 7 nitrogen and oxygen atoms in total. The number of rotatable bonds is 8. The molecular formula is C20H26O7S2. The lowest BCUT2D eigenvalue weighted by Crippen LogP contribution is -2.04. The van der Waals surface area contributed by atoms with Gasteiger partial charge in [0.15, 0.2) is 0 Å². The Labute approximate surface area is 180 Å². The Kier molecular flexibility index (Phi) is 15.7. The van der Waals surface area contributed by atoms with Crippen LogP contribution in [0.15, 0.2) is 60.7 Å². The van der Waals surface area contributed by atoms with E-state index in [1.54, 1.807) is 48.5 Å². The second-order valence-electron chi connectivity index (χ2n) is 5.36. The molecule has 2 aromatic rings. The summed E-state index contributed by atoms with van der Waals surface area (Å²) in [5.41, 5.74) is 1.42. The third kappa shape index (κ3) is 12.9. The van der Waals surface area contributed by atoms with Crippen LogP contribution in [0, 0.1) is 0 Å². The van der Waals surface area contributed by atoms with Gasteiger partial charge in [-0.1, -0.05) is 60.7 Å². The van der Waals surface area contributed by atoms with Crippen LogP contribution in [0.2, 0.25) is 0 Å². The van der Waals surface area contributed by atoms with Gasteiger partial charge in [-0.3, -0.25) is 9.59 Å². The molecule has 4 N–H and O–H groups in total. The maximum atomic E-state index is 10.4. The van der Waals surface area contributed by atoms with Crippen LogP contribution in [-0.2, 0) is 14.3 Å². The Bertz CT molecular complexity index is 624. The highest BCUT2D eigenvalue weighted by Gasteiger charge is 2.13. The number of aliphatic hydroxyl groups is 2. The van der Waals surface area contributed by atoms with E-state index in [0.29, 0.717) is 24.3 Å². The van der Waals surface area contributed by atoms with E-state index >= 15 is 0 Å². The van der Waals surface area contributed by atoms with E-state index < -0.39 is 22.4 Å². The van der Waals surface area contributed by atoms with Crippen molar-refractivity contribution in [2.45, 2.75) is 10.5 Å². The van der Waals surface area contributed by atoms with Gasteiger partial charge in [-0.25, -0.2) is 0 Å². The van der Waals surface area contributed by atoms with Crippen molar-refractivity contribution >= 4 is 37.2 Å². The minimum absolute atomic E-state index is 0.0278. The summed E-state index contributed by atoms with van der Waals surface area (Å²) in [6, 6.07) is 17.8. The van der Waals surface area contributed by atoms with E-state index in [1.807, 2.05) is 12.1 Å². The summed E-state index contributed by atoms with van der Waals surface area (Å²) in [4.78, 5) is 20.8. The first-order valence-electron chi connectivity index (χ1n) is 8.56. The summed E-state index contributed by atoms with van der Waals surface area (Å²) in [5.74, 6) is -1.83. The van der Waals surface area contributed by atoms with Crippen molar-refractivity contribution in [2.24, 2.45) is 0 Å². The number of aliphatic carboxylic acids is 2. The van der Waals surface area contributed by atoms with Crippen molar-refractivity contribution < 1.29 is 34.8 Å². The maximum Gasteiger partial charge on any atom is 0.320 e. The molecule has 0 aromatic heterocycles. The van der Waals surface area contributed by atoms with Gasteiger partial charge in [0.2, 0.25) is 0 Å². The number of hydrogen-bond donors (Lipinski definition) is 6. The maximum absolute atomic E-state index is 10.4. The Morgan fingerprint density at radius 2 is 1.03 bits per heavy atom. The summed E-state index contributed by atoms with van der Waals surface area (Å²) < 4.78 is 4.63. The molecule has 0 fully saturated rings. The van der Waals surface area contributed by atoms with Crippen LogP contribution in [0.1, 0.15) is 21.6 Å². The number of ether oxygens (including phenoxy) is 1. The molecule has 160 valence electrons. The monoisotopic (exact) mass is 442 g/mol. The number of carbonyl (C=O) groups is 2. The van der Waals surface area contributed by atoms with Crippen molar-refractivity contribution in [3.05, 3.63) is 71.8 Å². The fourth-order valence-electron chi connectivity index (χ4n) is 1.79. The average molecular weight is 443 g/mol. The highest BCUT2D eigenvalue weighted by atomic mass is 32.1. The molecule has 2 unspecified atom stereocenters. The molecule has 0 aliphatic carbocycles. The summed E-state index contributed by atoms with van der Waals surface area (Å²) >= 11 is 7.83. The lowest BCUT2D eigenvalue weighted by atomic mass is 10.1. The van der Waals surface area contributed by atoms with E-state index in [2.05, 4.69) is 30.0 Å². The fourth-order valence-corrected chi connectivity index (χ4v) is 2.13. The number of benzene rings is 2. The minimum atomic E-state index is -0.917. The van der Waals surface area contributed by atoms with E-state index in [1.165, 1.54) is 0 Å². The molecule has 29 heavy (non-hydrogen) atoms. The van der Waals surface area contributed by atoms with Crippen molar-refractivity contribution in [3.8, 4) is 0 Å². The zero-order valence-corrected chi connectivity index (χ0v) is 17.5. The van der Waals surface area contributed by atoms with Gasteiger partial charge in [-0.05, 0) is 11.1 Å². The molecule has 0 radical (unpaired) electrons. The van der Waals surface area contributed by atoms with Crippen molar-refractivity contribution in [1.29, 1.82) is 0 Å². The van der Waals surface area contributed by atoms with Crippen LogP contribution < -0.4 is 0 Å². The summed E-state index contributed by atoms with van der Waals surface area (Å²) in [5, 5.41) is 31.9. The van der Waals surface area contributed by atoms with Gasteiger partial charge in [0.1, 0.15) is 10.5 Å². The lowest BCUT2D eigenvalue weighted by Gasteiger charge is -2.03. The molecule has 0 bridgehead atoms. The predicted molar refractivity (Wildman–Crippen MR) is 117 cm³/mol. The Hall–Kier alpha value is -2.04. The second kappa shape index (κ2) is 16.9. The lowest BCUT2D eigenvalue weighted by molar-refractivity contribution is -0.137. The third-order valence-electron chi connectivity index (χ3n) is 3.17. The fraction of sp³-hybridized carbons (Fsp3) is 0.300. The molecule has 2 atom stereocenters. The molecule has 2 aromatic carbocycles. The SMILES string of the molecule is O=C(O)C(S)c1ccccc1.O=C(O)C(S)c1ccccc1.OCCOCCO. The number of carboxylic acids is 2. The molecule has 0 aliphatic heterocycles. The van der Waals surface area contributed by atoms with Crippen LogP contribution >= 0.6 is 25.3 Å². The van der Waals surface area contributed by atoms with Gasteiger partial charge in [0, 0.05) is 0 Å². The van der Waals surface area contributed by atoms with E-state index in [0.717, 1.165) is 0 Å². The molecule has 0 aliphatic rings. The Morgan fingerprint density at radius 3 is 1.28 bits per heavy atom. The smallest absolute Gasteiger partial charge is 0.320 e. The standard InChI is InChI=1S/2C8H8O2S.C4H10O3/c2*9-8(10)7(11)6-4-2-1-3-5-6;5-1-3-7-4-2-6/h2*1-5,7,11H,(H,9,10);5-6H,1-4H2. The molecule has 0 spiro atoms. The summed E-state index contributed by atoms with van der Waals surface area (Å²) in [6.07, 6.45) is 0. The number of thiol groups is 2. The summed E-state index contributed by atoms with van der Waals surface area (Å²) in [6.45, 7) is 0.696. The van der Waals surface area contributed by atoms with Gasteiger partial charge in [0.05, 0.1) is 26.4 Å². The van der Waals surface area contributed by atoms with Gasteiger partial charge >= 0.3 is 11.9 Å². The molecule has 0 heterocycles. The number of carboxylic acid groups (broad SMARTS) is 2. The van der Waals surface area contributed by atoms with Gasteiger partial charge < -0.3 is 25.2 Å². The topological polar surface area (TPSA) is 124 Å². The van der Waals surface area contributed by atoms with Gasteiger partial charge in [-0.15, -0.1) is 0 Å². The van der Waals surface area contributed by atoms with E-state index in [4.69, 9.17) is 20.4 Å². The van der Waals surface area contributed by atoms with Crippen LogP contribution in [0.25, 0.3) is 0 Å². The number of aliphatic hydroxyl groups excluding tert-OH is 2. The third-order valence-corrected chi connectivity index (χ3v) is 4.21. The molecule has 0 saturated heterocycles. The first kappa shape index (κ1) is 27.0. The highest BCUT2D eigenvalue weighted by Crippen LogP contribution is 2.19. The van der Waals surface area contributed by atoms with Crippen LogP contribution in [-0.4, -0.2) is 58.8 Å². The zero-order chi connectivity index (χ0) is 22.1. The molecular weight excluding hydrogens is 416 g/mol. The quantitative estimate of drug-likeness (QED) is 0.274. The first-order chi connectivity index (χ1) is 13.8. The van der Waals surface area contributed by atoms with Crippen LogP contribution in [0.3, 0.4) is 0 Å². The van der Waals surface area contributed by atoms with Gasteiger partial charge in [0.25, 0.3) is 0 Å². The van der Waals surface area contributed by atoms with Gasteiger partial charge in [-0.2, -0.15) is 25.3 Å². The first-order valence-corrected chi connectivity index (χ1v) is 9.59. The van der Waals surface area contributed by atoms with E-state index in [-0.39, 0.29) is 13.2 Å². The van der Waals surface area contributed by atoms with Crippen LogP contribution in [0.4, 0.5) is 0 Å².